The maximum atomic E-state index is 14.3. The molecule has 0 saturated carbocycles. The van der Waals surface area contributed by atoms with E-state index < -0.39 is 23.8 Å². The van der Waals surface area contributed by atoms with Gasteiger partial charge in [-0.3, -0.25) is 4.98 Å². The van der Waals surface area contributed by atoms with E-state index in [1.54, 1.807) is 38.4 Å². The number of benzene rings is 2. The second-order valence-electron chi connectivity index (χ2n) is 5.66. The third kappa shape index (κ3) is 3.38. The standard InChI is InChI=1S/C19H17F3N2O/c1-11(13-4-3-5-15(18(13)20)19(21)22)24-16-8-9-23-17-10-12(25-2)6-7-14(16)17/h3-11,19H,1-2H3,(H,23,24). The minimum absolute atomic E-state index is 0.191. The highest BCUT2D eigenvalue weighted by Gasteiger charge is 2.19. The topological polar surface area (TPSA) is 34.1 Å². The number of anilines is 1. The van der Waals surface area contributed by atoms with Gasteiger partial charge in [-0.1, -0.05) is 18.2 Å². The second kappa shape index (κ2) is 7.01. The number of halogens is 3. The van der Waals surface area contributed by atoms with E-state index in [0.29, 0.717) is 5.75 Å². The molecule has 0 fully saturated rings. The zero-order valence-electron chi connectivity index (χ0n) is 13.8. The summed E-state index contributed by atoms with van der Waals surface area (Å²) in [4.78, 5) is 4.29. The van der Waals surface area contributed by atoms with Crippen molar-refractivity contribution in [3.05, 3.63) is 65.6 Å². The molecule has 0 aliphatic rings. The number of pyridine rings is 1. The molecule has 6 heteroatoms. The minimum Gasteiger partial charge on any atom is -0.497 e. The average Bonchev–Trinajstić information content (AvgIpc) is 2.61. The van der Waals surface area contributed by atoms with Gasteiger partial charge in [0.05, 0.1) is 24.2 Å². The summed E-state index contributed by atoms with van der Waals surface area (Å²) in [7, 11) is 1.57. The summed E-state index contributed by atoms with van der Waals surface area (Å²) in [5.41, 5.74) is 1.06. The van der Waals surface area contributed by atoms with Gasteiger partial charge in [0.1, 0.15) is 11.6 Å². The number of ether oxygens (including phenoxy) is 1. The summed E-state index contributed by atoms with van der Waals surface area (Å²) in [6, 6.07) is 10.8. The Bertz CT molecular complexity index is 899. The van der Waals surface area contributed by atoms with Crippen LogP contribution in [0.3, 0.4) is 0 Å². The highest BCUT2D eigenvalue weighted by molar-refractivity contribution is 5.92. The molecule has 1 aromatic heterocycles. The lowest BCUT2D eigenvalue weighted by Gasteiger charge is -2.19. The Morgan fingerprint density at radius 1 is 1.08 bits per heavy atom. The first-order valence-electron chi connectivity index (χ1n) is 7.77. The second-order valence-corrected chi connectivity index (χ2v) is 5.66. The number of alkyl halides is 2. The third-order valence-corrected chi connectivity index (χ3v) is 4.08. The van der Waals surface area contributed by atoms with Crippen LogP contribution < -0.4 is 10.1 Å². The molecular formula is C19H17F3N2O. The van der Waals surface area contributed by atoms with Gasteiger partial charge >= 0.3 is 0 Å². The van der Waals surface area contributed by atoms with Crippen LogP contribution >= 0.6 is 0 Å². The molecular weight excluding hydrogens is 329 g/mol. The van der Waals surface area contributed by atoms with Crippen molar-refractivity contribution in [3.8, 4) is 5.75 Å². The summed E-state index contributed by atoms with van der Waals surface area (Å²) in [6.45, 7) is 1.73. The first-order chi connectivity index (χ1) is 12.0. The van der Waals surface area contributed by atoms with Gasteiger partial charge in [0.15, 0.2) is 0 Å². The highest BCUT2D eigenvalue weighted by atomic mass is 19.3. The van der Waals surface area contributed by atoms with Crippen LogP contribution in [0.15, 0.2) is 48.7 Å². The predicted molar refractivity (Wildman–Crippen MR) is 91.7 cm³/mol. The predicted octanol–water partition coefficient (Wildman–Crippen LogP) is 5.49. The summed E-state index contributed by atoms with van der Waals surface area (Å²) in [6.07, 6.45) is -1.22. The largest absolute Gasteiger partial charge is 0.497 e. The summed E-state index contributed by atoms with van der Waals surface area (Å²) >= 11 is 0. The molecule has 1 unspecified atom stereocenters. The molecule has 130 valence electrons. The molecule has 0 amide bonds. The van der Waals surface area contributed by atoms with Crippen molar-refractivity contribution < 1.29 is 17.9 Å². The van der Waals surface area contributed by atoms with Crippen molar-refractivity contribution in [3.63, 3.8) is 0 Å². The lowest BCUT2D eigenvalue weighted by atomic mass is 10.0. The zero-order chi connectivity index (χ0) is 18.0. The van der Waals surface area contributed by atoms with E-state index in [4.69, 9.17) is 4.74 Å². The smallest absolute Gasteiger partial charge is 0.266 e. The first kappa shape index (κ1) is 17.1. The quantitative estimate of drug-likeness (QED) is 0.663. The fourth-order valence-corrected chi connectivity index (χ4v) is 2.76. The summed E-state index contributed by atoms with van der Waals surface area (Å²) in [5, 5.41) is 4.01. The monoisotopic (exact) mass is 346 g/mol. The molecule has 0 saturated heterocycles. The van der Waals surface area contributed by atoms with E-state index in [9.17, 15) is 13.2 Å². The fraction of sp³-hybridized carbons (Fsp3) is 0.211. The van der Waals surface area contributed by atoms with Crippen molar-refractivity contribution in [2.45, 2.75) is 19.4 Å². The minimum atomic E-state index is -2.85. The molecule has 2 aromatic carbocycles. The van der Waals surface area contributed by atoms with Crippen molar-refractivity contribution >= 4 is 16.6 Å². The first-order valence-corrected chi connectivity index (χ1v) is 7.77. The number of nitrogens with one attached hydrogen (secondary N) is 1. The molecule has 1 atom stereocenters. The highest BCUT2D eigenvalue weighted by Crippen LogP contribution is 2.31. The number of aromatic nitrogens is 1. The Hall–Kier alpha value is -2.76. The van der Waals surface area contributed by atoms with Gasteiger partial charge in [0, 0.05) is 28.9 Å². The number of methoxy groups -OCH3 is 1. The van der Waals surface area contributed by atoms with Crippen LogP contribution in [-0.4, -0.2) is 12.1 Å². The molecule has 1 heterocycles. The molecule has 1 N–H and O–H groups in total. The lowest BCUT2D eigenvalue weighted by molar-refractivity contribution is 0.146. The van der Waals surface area contributed by atoms with Crippen LogP contribution in [0.4, 0.5) is 18.9 Å². The Morgan fingerprint density at radius 2 is 1.84 bits per heavy atom. The molecule has 0 aliphatic carbocycles. The molecule has 0 bridgehead atoms. The average molecular weight is 346 g/mol. The molecule has 0 radical (unpaired) electrons. The van der Waals surface area contributed by atoms with Crippen LogP contribution in [0, 0.1) is 5.82 Å². The van der Waals surface area contributed by atoms with Gasteiger partial charge in [0.25, 0.3) is 6.43 Å². The Morgan fingerprint density at radius 3 is 2.56 bits per heavy atom. The van der Waals surface area contributed by atoms with Crippen LogP contribution in [0.5, 0.6) is 5.75 Å². The van der Waals surface area contributed by atoms with Crippen LogP contribution in [0.2, 0.25) is 0 Å². The molecule has 3 rings (SSSR count). The fourth-order valence-electron chi connectivity index (χ4n) is 2.76. The van der Waals surface area contributed by atoms with Crippen molar-refractivity contribution in [1.29, 1.82) is 0 Å². The number of hydrogen-bond acceptors (Lipinski definition) is 3. The Kier molecular flexibility index (Phi) is 4.79. The van der Waals surface area contributed by atoms with Crippen molar-refractivity contribution in [2.75, 3.05) is 12.4 Å². The van der Waals surface area contributed by atoms with Gasteiger partial charge in [-0.2, -0.15) is 0 Å². The van der Waals surface area contributed by atoms with Crippen molar-refractivity contribution in [2.24, 2.45) is 0 Å². The molecule has 25 heavy (non-hydrogen) atoms. The Labute approximate surface area is 143 Å². The van der Waals surface area contributed by atoms with Gasteiger partial charge in [-0.05, 0) is 25.1 Å². The number of nitrogens with zero attached hydrogens (tertiary/aromatic N) is 1. The molecule has 3 nitrogen and oxygen atoms in total. The van der Waals surface area contributed by atoms with E-state index >= 15 is 0 Å². The van der Waals surface area contributed by atoms with E-state index in [1.165, 1.54) is 12.1 Å². The van der Waals surface area contributed by atoms with Gasteiger partial charge in [-0.25, -0.2) is 13.2 Å². The van der Waals surface area contributed by atoms with E-state index in [-0.39, 0.29) is 5.56 Å². The van der Waals surface area contributed by atoms with Gasteiger partial charge in [0.2, 0.25) is 0 Å². The number of rotatable bonds is 5. The van der Waals surface area contributed by atoms with Gasteiger partial charge < -0.3 is 10.1 Å². The van der Waals surface area contributed by atoms with E-state index in [2.05, 4.69) is 10.3 Å². The van der Waals surface area contributed by atoms with Gasteiger partial charge in [-0.15, -0.1) is 0 Å². The summed E-state index contributed by atoms with van der Waals surface area (Å²) < 4.78 is 45.3. The van der Waals surface area contributed by atoms with Crippen LogP contribution in [0.25, 0.3) is 10.9 Å². The third-order valence-electron chi connectivity index (χ3n) is 4.08. The number of fused-ring (bicyclic) bond motifs is 1. The maximum Gasteiger partial charge on any atom is 0.266 e. The van der Waals surface area contributed by atoms with Crippen LogP contribution in [0.1, 0.15) is 30.5 Å². The molecule has 3 aromatic rings. The van der Waals surface area contributed by atoms with E-state index in [0.717, 1.165) is 22.7 Å². The maximum absolute atomic E-state index is 14.3. The number of hydrogen-bond donors (Lipinski definition) is 1. The molecule has 0 spiro atoms. The summed E-state index contributed by atoms with van der Waals surface area (Å²) in [5.74, 6) is -0.196. The van der Waals surface area contributed by atoms with Crippen LogP contribution in [-0.2, 0) is 0 Å². The lowest BCUT2D eigenvalue weighted by Crippen LogP contribution is -2.10. The zero-order valence-corrected chi connectivity index (χ0v) is 13.8. The van der Waals surface area contributed by atoms with E-state index in [1.807, 2.05) is 6.07 Å². The Balaban J connectivity index is 1.95. The molecule has 0 aliphatic heterocycles. The SMILES string of the molecule is COc1ccc2c(NC(C)c3cccc(C(F)F)c3F)ccnc2c1. The van der Waals surface area contributed by atoms with Crippen molar-refractivity contribution in [1.82, 2.24) is 4.98 Å². The normalized spacial score (nSPS) is 12.4.